The zero-order valence-corrected chi connectivity index (χ0v) is 10.1. The fourth-order valence-corrected chi connectivity index (χ4v) is 0. The van der Waals surface area contributed by atoms with Crippen LogP contribution in [0.15, 0.2) is 0 Å². The summed E-state index contributed by atoms with van der Waals surface area (Å²) in [6, 6.07) is 0. The van der Waals surface area contributed by atoms with Crippen molar-refractivity contribution in [2.45, 2.75) is 17.3 Å². The van der Waals surface area contributed by atoms with E-state index in [9.17, 15) is 0 Å². The first-order valence-corrected chi connectivity index (χ1v) is 10.2. The first kappa shape index (κ1) is 16.2. The summed E-state index contributed by atoms with van der Waals surface area (Å²) in [6.45, 7) is 0. The van der Waals surface area contributed by atoms with E-state index in [2.05, 4.69) is 17.3 Å². The number of rotatable bonds is 0. The molecule has 0 saturated heterocycles. The molecular weight excluding hydrogens is 228 g/mol. The molecule has 0 aliphatic heterocycles. The van der Waals surface area contributed by atoms with E-state index in [1.165, 1.54) is 0 Å². The Morgan fingerprint density at radius 1 is 1.00 bits per heavy atom. The number of hydrogen-bond donors (Lipinski definition) is 0. The van der Waals surface area contributed by atoms with E-state index in [4.69, 9.17) is 0 Å². The second kappa shape index (κ2) is 15.8. The van der Waals surface area contributed by atoms with Crippen LogP contribution in [0.5, 0.6) is 0 Å². The van der Waals surface area contributed by atoms with E-state index in [0.29, 0.717) is 0 Å². The molecule has 0 aliphatic carbocycles. The van der Waals surface area contributed by atoms with Crippen molar-refractivity contribution in [3.8, 4) is 0 Å². The molecule has 0 bridgehead atoms. The molecule has 0 aliphatic rings. The summed E-state index contributed by atoms with van der Waals surface area (Å²) in [6.07, 6.45) is 4.08. The molecule has 0 saturated carbocycles. The summed E-state index contributed by atoms with van der Waals surface area (Å²) in [5.41, 5.74) is 0. The third-order valence-corrected chi connectivity index (χ3v) is 0. The monoisotopic (exact) mass is 244 g/mol. The van der Waals surface area contributed by atoms with E-state index in [1.54, 1.807) is 11.8 Å². The molecule has 0 spiro atoms. The van der Waals surface area contributed by atoms with Crippen LogP contribution in [0.25, 0.3) is 0 Å². The first-order chi connectivity index (χ1) is 3.15. The van der Waals surface area contributed by atoms with Gasteiger partial charge in [0.2, 0.25) is 0 Å². The van der Waals surface area contributed by atoms with E-state index in [0.717, 1.165) is 0 Å². The fourth-order valence-electron chi connectivity index (χ4n) is 0. The third-order valence-electron chi connectivity index (χ3n) is 0. The summed E-state index contributed by atoms with van der Waals surface area (Å²) in [5.74, 6) is 7.00. The zero-order chi connectivity index (χ0) is 6.28. The average Bonchev–Trinajstić information content (AvgIpc) is 1.33. The summed E-state index contributed by atoms with van der Waals surface area (Å²) in [4.78, 5) is 0. The van der Waals surface area contributed by atoms with Gasteiger partial charge in [-0.1, -0.05) is 0 Å². The van der Waals surface area contributed by atoms with Gasteiger partial charge in [-0.15, -0.1) is 0 Å². The molecule has 0 aromatic heterocycles. The topological polar surface area (TPSA) is 0 Å². The molecule has 0 N–H and O–H groups in total. The van der Waals surface area contributed by atoms with Crippen molar-refractivity contribution in [3.63, 3.8) is 0 Å². The second-order valence-corrected chi connectivity index (χ2v) is 9.02. The van der Waals surface area contributed by atoms with Crippen LogP contribution < -0.4 is 0 Å². The van der Waals surface area contributed by atoms with Crippen molar-refractivity contribution in [3.05, 3.63) is 0 Å². The van der Waals surface area contributed by atoms with Crippen LogP contribution in [0.2, 0.25) is 17.3 Å². The average molecular weight is 243 g/mol. The van der Waals surface area contributed by atoms with Gasteiger partial charge in [0.25, 0.3) is 0 Å². The van der Waals surface area contributed by atoms with Gasteiger partial charge in [0.05, 0.1) is 0 Å². The van der Waals surface area contributed by atoms with Gasteiger partial charge in [0.1, 0.15) is 0 Å². The van der Waals surface area contributed by atoms with Crippen molar-refractivity contribution in [1.82, 2.24) is 0 Å². The van der Waals surface area contributed by atoms with Gasteiger partial charge in [-0.05, 0) is 12.5 Å². The minimum Gasteiger partial charge on any atom is 0 e. The Labute approximate surface area is 72.8 Å². The maximum Gasteiger partial charge on any atom is 0 e. The van der Waals surface area contributed by atoms with Crippen LogP contribution in [0.3, 0.4) is 0 Å². The SMILES string of the molecule is CSC.[CH3][Ge]([CH3])[CH3].[Cu]. The fraction of sp³-hybridized carbons (Fsp3) is 1.00. The van der Waals surface area contributed by atoms with Gasteiger partial charge in [-0.25, -0.2) is 0 Å². The summed E-state index contributed by atoms with van der Waals surface area (Å²) >= 11 is 1.42. The molecular formula is C5H15CuGeS. The Morgan fingerprint density at radius 2 is 1.00 bits per heavy atom. The third kappa shape index (κ3) is 153. The molecule has 3 heteroatoms. The standard InChI is InChI=1S/C3H9Ge.C2H6S.Cu/c1-4(2)3;1-3-2;/h1-3H3;1-2H3;. The molecule has 0 fully saturated rings. The molecule has 0 unspecified atom stereocenters. The Balaban J connectivity index is -0.0000000575. The van der Waals surface area contributed by atoms with E-state index in [-0.39, 0.29) is 31.4 Å². The van der Waals surface area contributed by atoms with Gasteiger partial charge in [-0.3, -0.25) is 0 Å². The van der Waals surface area contributed by atoms with E-state index >= 15 is 0 Å². The molecule has 0 amide bonds. The molecule has 8 heavy (non-hydrogen) atoms. The molecule has 0 aromatic rings. The van der Waals surface area contributed by atoms with Crippen molar-refractivity contribution in [1.29, 1.82) is 0 Å². The van der Waals surface area contributed by atoms with Crippen LogP contribution in [0, 0.1) is 0 Å². The van der Waals surface area contributed by atoms with Crippen LogP contribution in [0.4, 0.5) is 0 Å². The second-order valence-electron chi connectivity index (χ2n) is 1.91. The molecule has 56 valence electrons. The predicted molar refractivity (Wildman–Crippen MR) is 42.8 cm³/mol. The molecule has 0 nitrogen and oxygen atoms in total. The van der Waals surface area contributed by atoms with Gasteiger partial charge >= 0.3 is 31.6 Å². The molecule has 0 atom stereocenters. The normalized spacial score (nSPS) is 6.75. The van der Waals surface area contributed by atoms with Crippen LogP contribution in [0.1, 0.15) is 0 Å². The van der Waals surface area contributed by atoms with Crippen molar-refractivity contribution in [2.24, 2.45) is 0 Å². The Morgan fingerprint density at radius 3 is 1.00 bits per heavy atom. The number of hydrogen-bond acceptors (Lipinski definition) is 1. The smallest absolute Gasteiger partial charge is 0 e. The molecule has 0 aromatic carbocycles. The molecule has 0 rings (SSSR count). The summed E-state index contributed by atoms with van der Waals surface area (Å²) in [7, 11) is 0. The van der Waals surface area contributed by atoms with Crippen molar-refractivity contribution in [2.75, 3.05) is 12.5 Å². The van der Waals surface area contributed by atoms with Crippen LogP contribution >= 0.6 is 11.8 Å². The zero-order valence-electron chi connectivity index (χ0n) is 6.21. The Kier molecular flexibility index (Phi) is 31.9. The molecule has 0 heterocycles. The summed E-state index contributed by atoms with van der Waals surface area (Å²) in [5, 5.41) is 0. The van der Waals surface area contributed by atoms with Crippen LogP contribution in [-0.2, 0) is 17.1 Å². The van der Waals surface area contributed by atoms with Gasteiger partial charge in [0.15, 0.2) is 0 Å². The minimum atomic E-state index is -0.333. The largest absolute Gasteiger partial charge is 0 e. The van der Waals surface area contributed by atoms with Crippen LogP contribution in [-0.4, -0.2) is 26.9 Å². The van der Waals surface area contributed by atoms with Crippen molar-refractivity contribution >= 4 is 26.1 Å². The quantitative estimate of drug-likeness (QED) is 0.589. The summed E-state index contributed by atoms with van der Waals surface area (Å²) < 4.78 is 0. The number of thioether (sulfide) groups is 1. The van der Waals surface area contributed by atoms with E-state index in [1.807, 2.05) is 12.5 Å². The molecule has 2 radical (unpaired) electrons. The van der Waals surface area contributed by atoms with Gasteiger partial charge in [0, 0.05) is 17.1 Å². The maximum absolute atomic E-state index is 2.33. The Hall–Kier alpha value is 1.41. The minimum absolute atomic E-state index is 0. The predicted octanol–water partition coefficient (Wildman–Crippen LogP) is 2.35. The van der Waals surface area contributed by atoms with E-state index < -0.39 is 0 Å². The Bertz CT molecular complexity index is 23.6. The van der Waals surface area contributed by atoms with Gasteiger partial charge < -0.3 is 0 Å². The maximum atomic E-state index is 2.33. The first-order valence-electron chi connectivity index (χ1n) is 2.32. The van der Waals surface area contributed by atoms with Crippen molar-refractivity contribution < 1.29 is 17.1 Å². The van der Waals surface area contributed by atoms with Gasteiger partial charge in [-0.2, -0.15) is 11.8 Å².